The molecule has 4 nitrogen and oxygen atoms in total. The molecule has 0 saturated heterocycles. The van der Waals surface area contributed by atoms with Crippen LogP contribution < -0.4 is 5.32 Å². The van der Waals surface area contributed by atoms with Crippen molar-refractivity contribution in [1.82, 2.24) is 10.3 Å². The molecule has 0 spiro atoms. The quantitative estimate of drug-likeness (QED) is 0.665. The topological polar surface area (TPSA) is 55.1 Å². The Hall–Kier alpha value is -1.32. The number of carbonyl (C=O) groups excluding carboxylic acids is 1. The zero-order valence-corrected chi connectivity index (χ0v) is 6.55. The second kappa shape index (κ2) is 3.18. The molecular weight excluding hydrogens is 144 g/mol. The molecule has 1 heterocycles. The van der Waals surface area contributed by atoms with Crippen LogP contribution in [-0.2, 0) is 11.2 Å². The Kier molecular flexibility index (Phi) is 2.25. The number of likely N-dealkylation sites (N-methyl/N-ethyl adjacent to an activating group) is 1. The summed E-state index contributed by atoms with van der Waals surface area (Å²) in [4.78, 5) is 14.8. The van der Waals surface area contributed by atoms with E-state index in [1.165, 1.54) is 6.26 Å². The Balaban J connectivity index is 2.57. The fourth-order valence-electron chi connectivity index (χ4n) is 0.742. The van der Waals surface area contributed by atoms with Crippen LogP contribution in [0.15, 0.2) is 10.7 Å². The minimum atomic E-state index is -0.0571. The van der Waals surface area contributed by atoms with E-state index in [4.69, 9.17) is 4.42 Å². The molecule has 0 fully saturated rings. The van der Waals surface area contributed by atoms with Crippen molar-refractivity contribution in [3.8, 4) is 0 Å². The van der Waals surface area contributed by atoms with E-state index < -0.39 is 0 Å². The number of aryl methyl sites for hydroxylation is 1. The third kappa shape index (κ3) is 2.07. The maximum atomic E-state index is 10.8. The lowest BCUT2D eigenvalue weighted by molar-refractivity contribution is -0.120. The molecule has 1 amide bonds. The molecule has 11 heavy (non-hydrogen) atoms. The minimum absolute atomic E-state index is 0.0571. The Morgan fingerprint density at radius 3 is 3.00 bits per heavy atom. The standard InChI is InChI=1S/C7H10N2O2/c1-5-9-6(4-11-5)3-7(10)8-2/h4H,3H2,1-2H3,(H,8,10). The molecule has 60 valence electrons. The van der Waals surface area contributed by atoms with E-state index in [0.717, 1.165) is 0 Å². The lowest BCUT2D eigenvalue weighted by Crippen LogP contribution is -2.20. The second-order valence-electron chi connectivity index (χ2n) is 2.21. The molecule has 0 aliphatic carbocycles. The molecule has 0 radical (unpaired) electrons. The number of amides is 1. The molecule has 0 atom stereocenters. The first-order chi connectivity index (χ1) is 5.22. The molecule has 0 aliphatic heterocycles. The molecule has 1 aromatic heterocycles. The van der Waals surface area contributed by atoms with E-state index >= 15 is 0 Å². The summed E-state index contributed by atoms with van der Waals surface area (Å²) in [5, 5.41) is 2.50. The van der Waals surface area contributed by atoms with Crippen molar-refractivity contribution in [3.05, 3.63) is 17.8 Å². The summed E-state index contributed by atoms with van der Waals surface area (Å²) in [6.07, 6.45) is 1.78. The third-order valence-corrected chi connectivity index (χ3v) is 1.29. The van der Waals surface area contributed by atoms with Crippen molar-refractivity contribution >= 4 is 5.91 Å². The summed E-state index contributed by atoms with van der Waals surface area (Å²) < 4.78 is 4.92. The van der Waals surface area contributed by atoms with Gasteiger partial charge in [-0.15, -0.1) is 0 Å². The van der Waals surface area contributed by atoms with Gasteiger partial charge in [0.2, 0.25) is 5.91 Å². The molecular formula is C7H10N2O2. The second-order valence-corrected chi connectivity index (χ2v) is 2.21. The van der Waals surface area contributed by atoms with Gasteiger partial charge in [0.15, 0.2) is 5.89 Å². The Labute approximate surface area is 64.6 Å². The first kappa shape index (κ1) is 7.78. The predicted molar refractivity (Wildman–Crippen MR) is 39.0 cm³/mol. The number of aromatic nitrogens is 1. The highest BCUT2D eigenvalue weighted by atomic mass is 16.3. The van der Waals surface area contributed by atoms with Gasteiger partial charge in [-0.1, -0.05) is 0 Å². The zero-order valence-electron chi connectivity index (χ0n) is 6.55. The van der Waals surface area contributed by atoms with E-state index in [1.807, 2.05) is 0 Å². The molecule has 0 bridgehead atoms. The molecule has 0 unspecified atom stereocenters. The minimum Gasteiger partial charge on any atom is -0.449 e. The van der Waals surface area contributed by atoms with Crippen LogP contribution >= 0.6 is 0 Å². The number of hydrogen-bond donors (Lipinski definition) is 1. The number of oxazole rings is 1. The summed E-state index contributed by atoms with van der Waals surface area (Å²) >= 11 is 0. The van der Waals surface area contributed by atoms with E-state index in [2.05, 4.69) is 10.3 Å². The lowest BCUT2D eigenvalue weighted by Gasteiger charge is -1.92. The fourth-order valence-corrected chi connectivity index (χ4v) is 0.742. The van der Waals surface area contributed by atoms with E-state index in [1.54, 1.807) is 14.0 Å². The zero-order chi connectivity index (χ0) is 8.27. The van der Waals surface area contributed by atoms with Crippen molar-refractivity contribution in [2.24, 2.45) is 0 Å². The van der Waals surface area contributed by atoms with Gasteiger partial charge in [-0.3, -0.25) is 4.79 Å². The first-order valence-corrected chi connectivity index (χ1v) is 3.34. The van der Waals surface area contributed by atoms with Crippen molar-refractivity contribution in [2.75, 3.05) is 7.05 Å². The average molecular weight is 154 g/mol. The number of hydrogen-bond acceptors (Lipinski definition) is 3. The van der Waals surface area contributed by atoms with Gasteiger partial charge >= 0.3 is 0 Å². The van der Waals surface area contributed by atoms with Gasteiger partial charge in [0.05, 0.1) is 12.1 Å². The van der Waals surface area contributed by atoms with Gasteiger partial charge in [0.1, 0.15) is 6.26 Å². The number of nitrogens with zero attached hydrogens (tertiary/aromatic N) is 1. The van der Waals surface area contributed by atoms with Crippen molar-refractivity contribution in [3.63, 3.8) is 0 Å². The van der Waals surface area contributed by atoms with Crippen LogP contribution in [0.1, 0.15) is 11.6 Å². The largest absolute Gasteiger partial charge is 0.449 e. The van der Waals surface area contributed by atoms with Crippen LogP contribution in [0.3, 0.4) is 0 Å². The van der Waals surface area contributed by atoms with Crippen molar-refractivity contribution in [1.29, 1.82) is 0 Å². The smallest absolute Gasteiger partial charge is 0.225 e. The highest BCUT2D eigenvalue weighted by molar-refractivity contribution is 5.77. The number of nitrogens with one attached hydrogen (secondary N) is 1. The van der Waals surface area contributed by atoms with Crippen LogP contribution in [0.5, 0.6) is 0 Å². The highest BCUT2D eigenvalue weighted by Crippen LogP contribution is 2.00. The van der Waals surface area contributed by atoms with Crippen molar-refractivity contribution in [2.45, 2.75) is 13.3 Å². The van der Waals surface area contributed by atoms with Gasteiger partial charge in [0, 0.05) is 14.0 Å². The van der Waals surface area contributed by atoms with Gasteiger partial charge in [-0.05, 0) is 0 Å². The van der Waals surface area contributed by atoms with Crippen LogP contribution in [-0.4, -0.2) is 17.9 Å². The predicted octanol–water partition coefficient (Wildman–Crippen LogP) is 0.272. The molecule has 0 aromatic carbocycles. The maximum Gasteiger partial charge on any atom is 0.225 e. The molecule has 4 heteroatoms. The number of rotatable bonds is 2. The number of carbonyl (C=O) groups is 1. The van der Waals surface area contributed by atoms with Crippen LogP contribution in [0.25, 0.3) is 0 Å². The summed E-state index contributed by atoms with van der Waals surface area (Å²) in [6, 6.07) is 0. The SMILES string of the molecule is CNC(=O)Cc1coc(C)n1. The van der Waals surface area contributed by atoms with E-state index in [0.29, 0.717) is 11.6 Å². The highest BCUT2D eigenvalue weighted by Gasteiger charge is 2.04. The first-order valence-electron chi connectivity index (χ1n) is 3.34. The molecule has 0 saturated carbocycles. The van der Waals surface area contributed by atoms with Crippen LogP contribution in [0, 0.1) is 6.92 Å². The van der Waals surface area contributed by atoms with Gasteiger partial charge in [-0.25, -0.2) is 4.98 Å². The normalized spacial score (nSPS) is 9.64. The molecule has 1 rings (SSSR count). The van der Waals surface area contributed by atoms with Crippen molar-refractivity contribution < 1.29 is 9.21 Å². The molecule has 1 N–H and O–H groups in total. The van der Waals surface area contributed by atoms with Gasteiger partial charge in [-0.2, -0.15) is 0 Å². The summed E-state index contributed by atoms with van der Waals surface area (Å²) in [5.74, 6) is 0.530. The van der Waals surface area contributed by atoms with Gasteiger partial charge in [0.25, 0.3) is 0 Å². The molecule has 1 aromatic rings. The summed E-state index contributed by atoms with van der Waals surface area (Å²) in [7, 11) is 1.59. The fraction of sp³-hybridized carbons (Fsp3) is 0.429. The average Bonchev–Trinajstić information content (AvgIpc) is 2.35. The monoisotopic (exact) mass is 154 g/mol. The third-order valence-electron chi connectivity index (χ3n) is 1.29. The van der Waals surface area contributed by atoms with E-state index in [9.17, 15) is 4.79 Å². The summed E-state index contributed by atoms with van der Waals surface area (Å²) in [6.45, 7) is 1.74. The molecule has 0 aliphatic rings. The van der Waals surface area contributed by atoms with E-state index in [-0.39, 0.29) is 12.3 Å². The Bertz CT molecular complexity index is 255. The maximum absolute atomic E-state index is 10.8. The van der Waals surface area contributed by atoms with Gasteiger partial charge < -0.3 is 9.73 Å². The Morgan fingerprint density at radius 1 is 1.82 bits per heavy atom. The van der Waals surface area contributed by atoms with Crippen LogP contribution in [0.4, 0.5) is 0 Å². The van der Waals surface area contributed by atoms with Crippen LogP contribution in [0.2, 0.25) is 0 Å². The lowest BCUT2D eigenvalue weighted by atomic mass is 10.3. The summed E-state index contributed by atoms with van der Waals surface area (Å²) in [5.41, 5.74) is 0.668. The Morgan fingerprint density at radius 2 is 2.55 bits per heavy atom.